The number of fused-ring (bicyclic) bond motifs is 2. The van der Waals surface area contributed by atoms with E-state index < -0.39 is 23.2 Å². The van der Waals surface area contributed by atoms with Crippen LogP contribution in [-0.2, 0) is 12.6 Å². The Morgan fingerprint density at radius 1 is 1.19 bits per heavy atom. The smallest absolute Gasteiger partial charge is 0.389 e. The summed E-state index contributed by atoms with van der Waals surface area (Å²) in [5, 5.41) is 14.0. The molecule has 0 spiro atoms. The molecule has 0 amide bonds. The van der Waals surface area contributed by atoms with E-state index in [0.29, 0.717) is 18.4 Å². The Morgan fingerprint density at radius 2 is 1.81 bits per heavy atom. The van der Waals surface area contributed by atoms with Gasteiger partial charge in [0.05, 0.1) is 11.2 Å². The lowest BCUT2D eigenvalue weighted by Crippen LogP contribution is -2.49. The third kappa shape index (κ3) is 3.06. The summed E-state index contributed by atoms with van der Waals surface area (Å²) in [6, 6.07) is 3.44. The highest BCUT2D eigenvalue weighted by molar-refractivity contribution is 5.29. The van der Waals surface area contributed by atoms with Crippen molar-refractivity contribution in [3.05, 3.63) is 35.1 Å². The Morgan fingerprint density at radius 3 is 2.38 bits per heavy atom. The van der Waals surface area contributed by atoms with E-state index in [-0.39, 0.29) is 18.5 Å². The molecule has 3 rings (SSSR count). The predicted octanol–water partition coefficient (Wildman–Crippen LogP) is 3.03. The molecule has 2 nitrogen and oxygen atoms in total. The number of halogens is 4. The lowest BCUT2D eigenvalue weighted by Gasteiger charge is -2.37. The van der Waals surface area contributed by atoms with Crippen LogP contribution in [0.25, 0.3) is 0 Å². The number of hydrogen-bond acceptors (Lipinski definition) is 2. The zero-order valence-electron chi connectivity index (χ0n) is 11.4. The van der Waals surface area contributed by atoms with Gasteiger partial charge in [0.1, 0.15) is 5.82 Å². The van der Waals surface area contributed by atoms with Crippen LogP contribution in [-0.4, -0.2) is 22.8 Å². The summed E-state index contributed by atoms with van der Waals surface area (Å²) in [6.07, 6.45) is -1.54. The van der Waals surface area contributed by atoms with Gasteiger partial charge in [0.25, 0.3) is 0 Å². The van der Waals surface area contributed by atoms with Gasteiger partial charge < -0.3 is 10.4 Å². The van der Waals surface area contributed by atoms with Crippen LogP contribution in [0.15, 0.2) is 18.2 Å². The first-order valence-corrected chi connectivity index (χ1v) is 7.09. The van der Waals surface area contributed by atoms with Gasteiger partial charge in [0, 0.05) is 18.5 Å². The normalized spacial score (nSPS) is 32.4. The first-order valence-electron chi connectivity index (χ1n) is 7.09. The van der Waals surface area contributed by atoms with E-state index in [1.165, 1.54) is 6.07 Å². The van der Waals surface area contributed by atoms with E-state index in [4.69, 9.17) is 0 Å². The van der Waals surface area contributed by atoms with Gasteiger partial charge in [0.15, 0.2) is 0 Å². The first-order chi connectivity index (χ1) is 9.75. The van der Waals surface area contributed by atoms with Crippen molar-refractivity contribution in [2.75, 3.05) is 0 Å². The zero-order valence-corrected chi connectivity index (χ0v) is 11.4. The Hall–Kier alpha value is -1.14. The molecule has 2 heterocycles. The maximum atomic E-state index is 13.3. The van der Waals surface area contributed by atoms with Gasteiger partial charge in [-0.15, -0.1) is 0 Å². The Labute approximate surface area is 120 Å². The molecular weight excluding hydrogens is 286 g/mol. The molecule has 0 aromatic heterocycles. The summed E-state index contributed by atoms with van der Waals surface area (Å²) in [5.41, 5.74) is -1.94. The summed E-state index contributed by atoms with van der Waals surface area (Å²) in [5.74, 6) is -1.27. The Bertz CT molecular complexity index is 531. The van der Waals surface area contributed by atoms with Crippen molar-refractivity contribution >= 4 is 0 Å². The highest BCUT2D eigenvalue weighted by atomic mass is 19.4. The zero-order chi connectivity index (χ0) is 15.3. The molecule has 2 bridgehead atoms. The fraction of sp³-hybridized carbons (Fsp3) is 0.600. The minimum atomic E-state index is -4.71. The molecule has 1 aromatic rings. The standard InChI is InChI=1S/C15H17F4NO/c16-13-4-1-9(5-12(13)15(17,18)19)6-14(21)7-10-2-3-11(8-14)20-10/h1,4-5,10-11,20-21H,2-3,6-8H2. The first kappa shape index (κ1) is 14.8. The van der Waals surface area contributed by atoms with Gasteiger partial charge in [-0.1, -0.05) is 6.07 Å². The van der Waals surface area contributed by atoms with Gasteiger partial charge in [0.2, 0.25) is 0 Å². The third-order valence-electron chi connectivity index (χ3n) is 4.46. The van der Waals surface area contributed by atoms with Crippen LogP contribution < -0.4 is 5.32 Å². The summed E-state index contributed by atoms with van der Waals surface area (Å²) in [6.45, 7) is 0. The fourth-order valence-corrected chi connectivity index (χ4v) is 3.65. The molecule has 2 saturated heterocycles. The molecule has 0 radical (unpaired) electrons. The minimum Gasteiger partial charge on any atom is -0.389 e. The van der Waals surface area contributed by atoms with Gasteiger partial charge in [-0.3, -0.25) is 0 Å². The fourth-order valence-electron chi connectivity index (χ4n) is 3.65. The molecule has 2 unspecified atom stereocenters. The Kier molecular flexibility index (Phi) is 3.48. The average molecular weight is 303 g/mol. The summed E-state index contributed by atoms with van der Waals surface area (Å²) < 4.78 is 51.5. The number of alkyl halides is 3. The van der Waals surface area contributed by atoms with E-state index >= 15 is 0 Å². The summed E-state index contributed by atoms with van der Waals surface area (Å²) in [7, 11) is 0. The van der Waals surface area contributed by atoms with E-state index in [1.54, 1.807) is 0 Å². The molecule has 2 aliphatic heterocycles. The van der Waals surface area contributed by atoms with Crippen molar-refractivity contribution in [2.24, 2.45) is 0 Å². The SMILES string of the molecule is OC1(Cc2ccc(F)c(C(F)(F)F)c2)CC2CCC(C1)N2. The number of piperidine rings is 1. The van der Waals surface area contributed by atoms with Crippen LogP contribution in [0.1, 0.15) is 36.8 Å². The van der Waals surface area contributed by atoms with Crippen molar-refractivity contribution in [2.45, 2.75) is 56.0 Å². The van der Waals surface area contributed by atoms with Crippen LogP contribution in [0.2, 0.25) is 0 Å². The number of hydrogen-bond donors (Lipinski definition) is 2. The maximum Gasteiger partial charge on any atom is 0.419 e. The van der Waals surface area contributed by atoms with Gasteiger partial charge in [-0.2, -0.15) is 13.2 Å². The van der Waals surface area contributed by atoms with Crippen molar-refractivity contribution in [1.82, 2.24) is 5.32 Å². The number of rotatable bonds is 2. The van der Waals surface area contributed by atoms with E-state index in [1.807, 2.05) is 0 Å². The predicted molar refractivity (Wildman–Crippen MR) is 69.2 cm³/mol. The molecular formula is C15H17F4NO. The molecule has 116 valence electrons. The second-order valence-electron chi connectivity index (χ2n) is 6.26. The molecule has 1 aromatic carbocycles. The Balaban J connectivity index is 1.82. The number of aliphatic hydroxyl groups is 1. The molecule has 2 fully saturated rings. The molecule has 0 saturated carbocycles. The minimum absolute atomic E-state index is 0.130. The van der Waals surface area contributed by atoms with Crippen LogP contribution in [0, 0.1) is 5.82 Å². The van der Waals surface area contributed by atoms with Crippen molar-refractivity contribution in [3.8, 4) is 0 Å². The van der Waals surface area contributed by atoms with E-state index in [2.05, 4.69) is 5.32 Å². The topological polar surface area (TPSA) is 32.3 Å². The molecule has 2 atom stereocenters. The van der Waals surface area contributed by atoms with Gasteiger partial charge >= 0.3 is 6.18 Å². The monoisotopic (exact) mass is 303 g/mol. The lowest BCUT2D eigenvalue weighted by atomic mass is 9.82. The number of benzene rings is 1. The van der Waals surface area contributed by atoms with E-state index in [0.717, 1.165) is 25.0 Å². The van der Waals surface area contributed by atoms with E-state index in [9.17, 15) is 22.7 Å². The van der Waals surface area contributed by atoms with Crippen LogP contribution >= 0.6 is 0 Å². The molecule has 0 aliphatic carbocycles. The summed E-state index contributed by atoms with van der Waals surface area (Å²) in [4.78, 5) is 0. The van der Waals surface area contributed by atoms with Gasteiger partial charge in [-0.25, -0.2) is 4.39 Å². The molecule has 2 N–H and O–H groups in total. The molecule has 2 aliphatic rings. The second-order valence-corrected chi connectivity index (χ2v) is 6.26. The molecule has 6 heteroatoms. The highest BCUT2D eigenvalue weighted by Crippen LogP contribution is 2.37. The van der Waals surface area contributed by atoms with Crippen molar-refractivity contribution in [3.63, 3.8) is 0 Å². The van der Waals surface area contributed by atoms with Crippen LogP contribution in [0.4, 0.5) is 17.6 Å². The quantitative estimate of drug-likeness (QED) is 0.823. The lowest BCUT2D eigenvalue weighted by molar-refractivity contribution is -0.140. The number of nitrogens with one attached hydrogen (secondary N) is 1. The van der Waals surface area contributed by atoms with Crippen molar-refractivity contribution < 1.29 is 22.7 Å². The highest BCUT2D eigenvalue weighted by Gasteiger charge is 2.42. The maximum absolute atomic E-state index is 13.3. The van der Waals surface area contributed by atoms with Gasteiger partial charge in [-0.05, 0) is 43.4 Å². The third-order valence-corrected chi connectivity index (χ3v) is 4.46. The summed E-state index contributed by atoms with van der Waals surface area (Å²) >= 11 is 0. The van der Waals surface area contributed by atoms with Crippen molar-refractivity contribution in [1.29, 1.82) is 0 Å². The van der Waals surface area contributed by atoms with Crippen LogP contribution in [0.3, 0.4) is 0 Å². The second kappa shape index (κ2) is 4.95. The van der Waals surface area contributed by atoms with Crippen LogP contribution in [0.5, 0.6) is 0 Å². The molecule has 21 heavy (non-hydrogen) atoms. The largest absolute Gasteiger partial charge is 0.419 e. The average Bonchev–Trinajstić information content (AvgIpc) is 2.70.